The second-order valence-electron chi connectivity index (χ2n) is 3.09. The molecule has 1 N–H and O–H groups in total. The third-order valence-corrected chi connectivity index (χ3v) is 2.07. The van der Waals surface area contributed by atoms with Gasteiger partial charge >= 0.3 is 0 Å². The van der Waals surface area contributed by atoms with Crippen molar-refractivity contribution >= 4 is 17.5 Å². The van der Waals surface area contributed by atoms with Crippen LogP contribution < -0.4 is 5.32 Å². The summed E-state index contributed by atoms with van der Waals surface area (Å²) < 4.78 is 0. The zero-order valence-corrected chi connectivity index (χ0v) is 7.71. The predicted octanol–water partition coefficient (Wildman–Crippen LogP) is 1.63. The van der Waals surface area contributed by atoms with Gasteiger partial charge in [-0.1, -0.05) is 17.7 Å². The summed E-state index contributed by atoms with van der Waals surface area (Å²) in [4.78, 5) is 15.3. The van der Waals surface area contributed by atoms with Crippen molar-refractivity contribution in [2.75, 3.05) is 0 Å². The van der Waals surface area contributed by atoms with Gasteiger partial charge in [-0.25, -0.2) is 4.98 Å². The van der Waals surface area contributed by atoms with E-state index >= 15 is 0 Å². The molecule has 1 aliphatic rings. The van der Waals surface area contributed by atoms with E-state index in [1.807, 2.05) is 0 Å². The minimum atomic E-state index is -0.134. The molecular formula is C9H9ClN2O. The molecule has 0 aliphatic heterocycles. The number of aromatic nitrogens is 1. The van der Waals surface area contributed by atoms with Gasteiger partial charge in [0.05, 0.1) is 0 Å². The van der Waals surface area contributed by atoms with Gasteiger partial charge < -0.3 is 5.32 Å². The number of amides is 1. The minimum absolute atomic E-state index is 0.134. The lowest BCUT2D eigenvalue weighted by molar-refractivity contribution is 0.0946. The van der Waals surface area contributed by atoms with Gasteiger partial charge in [0.1, 0.15) is 10.8 Å². The van der Waals surface area contributed by atoms with Crippen molar-refractivity contribution in [2.45, 2.75) is 18.9 Å². The summed E-state index contributed by atoms with van der Waals surface area (Å²) in [5, 5.41) is 3.19. The zero-order valence-electron chi connectivity index (χ0n) is 6.96. The van der Waals surface area contributed by atoms with Crippen molar-refractivity contribution in [3.05, 3.63) is 29.0 Å². The van der Waals surface area contributed by atoms with Crippen LogP contribution in [0.5, 0.6) is 0 Å². The Labute approximate surface area is 81.1 Å². The Balaban J connectivity index is 2.09. The molecule has 0 radical (unpaired) electrons. The summed E-state index contributed by atoms with van der Waals surface area (Å²) in [6.07, 6.45) is 2.15. The first-order valence-corrected chi connectivity index (χ1v) is 4.57. The first-order chi connectivity index (χ1) is 6.25. The molecule has 1 aliphatic carbocycles. The van der Waals surface area contributed by atoms with Crippen molar-refractivity contribution in [3.63, 3.8) is 0 Å². The fourth-order valence-electron chi connectivity index (χ4n) is 1.02. The number of carbonyl (C=O) groups is 1. The second kappa shape index (κ2) is 3.34. The molecule has 1 fully saturated rings. The SMILES string of the molecule is O=C(NC1CC1)c1cccc(Cl)n1. The normalized spacial score (nSPS) is 15.5. The van der Waals surface area contributed by atoms with Crippen LogP contribution in [0.2, 0.25) is 5.15 Å². The van der Waals surface area contributed by atoms with Gasteiger partial charge in [0.25, 0.3) is 5.91 Å². The third-order valence-electron chi connectivity index (χ3n) is 1.86. The van der Waals surface area contributed by atoms with Crippen molar-refractivity contribution in [2.24, 2.45) is 0 Å². The van der Waals surface area contributed by atoms with E-state index in [0.717, 1.165) is 12.8 Å². The number of halogens is 1. The molecule has 3 nitrogen and oxygen atoms in total. The molecule has 1 amide bonds. The van der Waals surface area contributed by atoms with E-state index in [-0.39, 0.29) is 5.91 Å². The first kappa shape index (κ1) is 8.51. The van der Waals surface area contributed by atoms with Crippen molar-refractivity contribution < 1.29 is 4.79 Å². The van der Waals surface area contributed by atoms with Gasteiger partial charge in [-0.3, -0.25) is 4.79 Å². The van der Waals surface area contributed by atoms with E-state index in [0.29, 0.717) is 16.9 Å². The van der Waals surface area contributed by atoms with E-state index in [4.69, 9.17) is 11.6 Å². The largest absolute Gasteiger partial charge is 0.348 e. The molecule has 0 aromatic carbocycles. The molecule has 1 aromatic heterocycles. The number of nitrogens with zero attached hydrogens (tertiary/aromatic N) is 1. The third kappa shape index (κ3) is 2.18. The van der Waals surface area contributed by atoms with E-state index in [1.165, 1.54) is 0 Å². The molecule has 68 valence electrons. The number of hydrogen-bond acceptors (Lipinski definition) is 2. The summed E-state index contributed by atoms with van der Waals surface area (Å²) in [7, 11) is 0. The molecule has 4 heteroatoms. The fraction of sp³-hybridized carbons (Fsp3) is 0.333. The van der Waals surface area contributed by atoms with E-state index in [1.54, 1.807) is 18.2 Å². The Bertz CT molecular complexity index is 336. The molecule has 13 heavy (non-hydrogen) atoms. The van der Waals surface area contributed by atoms with Crippen LogP contribution in [0.4, 0.5) is 0 Å². The maximum absolute atomic E-state index is 11.4. The summed E-state index contributed by atoms with van der Waals surface area (Å²) >= 11 is 5.65. The van der Waals surface area contributed by atoms with Crippen LogP contribution in [0.15, 0.2) is 18.2 Å². The summed E-state index contributed by atoms with van der Waals surface area (Å²) in [5.41, 5.74) is 0.388. The van der Waals surface area contributed by atoms with Crippen LogP contribution in [0.1, 0.15) is 23.3 Å². The maximum atomic E-state index is 11.4. The minimum Gasteiger partial charge on any atom is -0.348 e. The van der Waals surface area contributed by atoms with E-state index < -0.39 is 0 Å². The number of hydrogen-bond donors (Lipinski definition) is 1. The molecule has 1 saturated carbocycles. The highest BCUT2D eigenvalue weighted by Gasteiger charge is 2.24. The van der Waals surface area contributed by atoms with Crippen molar-refractivity contribution in [1.29, 1.82) is 0 Å². The van der Waals surface area contributed by atoms with Crippen LogP contribution in [-0.4, -0.2) is 16.9 Å². The molecule has 0 saturated heterocycles. The van der Waals surface area contributed by atoms with Crippen LogP contribution in [0, 0.1) is 0 Å². The first-order valence-electron chi connectivity index (χ1n) is 4.19. The smallest absolute Gasteiger partial charge is 0.270 e. The van der Waals surface area contributed by atoms with Crippen LogP contribution in [-0.2, 0) is 0 Å². The summed E-state index contributed by atoms with van der Waals surface area (Å²) in [6.45, 7) is 0. The molecule has 1 heterocycles. The molecule has 2 rings (SSSR count). The van der Waals surface area contributed by atoms with Gasteiger partial charge in [0.15, 0.2) is 0 Å². The van der Waals surface area contributed by atoms with Gasteiger partial charge in [0.2, 0.25) is 0 Å². The van der Waals surface area contributed by atoms with Crippen molar-refractivity contribution in [3.8, 4) is 0 Å². The molecule has 0 unspecified atom stereocenters. The Morgan fingerprint density at radius 1 is 1.54 bits per heavy atom. The number of pyridine rings is 1. The van der Waals surface area contributed by atoms with Gasteiger partial charge in [0, 0.05) is 6.04 Å². The van der Waals surface area contributed by atoms with E-state index in [2.05, 4.69) is 10.3 Å². The van der Waals surface area contributed by atoms with E-state index in [9.17, 15) is 4.79 Å². The lowest BCUT2D eigenvalue weighted by atomic mass is 10.3. The van der Waals surface area contributed by atoms with Crippen molar-refractivity contribution in [1.82, 2.24) is 10.3 Å². The molecule has 0 spiro atoms. The second-order valence-corrected chi connectivity index (χ2v) is 3.48. The van der Waals surface area contributed by atoms with Gasteiger partial charge in [-0.2, -0.15) is 0 Å². The Morgan fingerprint density at radius 3 is 2.92 bits per heavy atom. The predicted molar refractivity (Wildman–Crippen MR) is 49.7 cm³/mol. The van der Waals surface area contributed by atoms with Crippen LogP contribution in [0.25, 0.3) is 0 Å². The summed E-state index contributed by atoms with van der Waals surface area (Å²) in [6, 6.07) is 5.38. The van der Waals surface area contributed by atoms with Crippen LogP contribution >= 0.6 is 11.6 Å². The van der Waals surface area contributed by atoms with Gasteiger partial charge in [-0.15, -0.1) is 0 Å². The fourth-order valence-corrected chi connectivity index (χ4v) is 1.19. The highest BCUT2D eigenvalue weighted by atomic mass is 35.5. The highest BCUT2D eigenvalue weighted by Crippen LogP contribution is 2.19. The molecule has 0 atom stereocenters. The highest BCUT2D eigenvalue weighted by molar-refractivity contribution is 6.29. The lowest BCUT2D eigenvalue weighted by Gasteiger charge is -2.01. The number of rotatable bonds is 2. The Hall–Kier alpha value is -1.09. The molecule has 0 bridgehead atoms. The lowest BCUT2D eigenvalue weighted by Crippen LogP contribution is -2.26. The number of carbonyl (C=O) groups excluding carboxylic acids is 1. The van der Waals surface area contributed by atoms with Crippen LogP contribution in [0.3, 0.4) is 0 Å². The summed E-state index contributed by atoms with van der Waals surface area (Å²) in [5.74, 6) is -0.134. The Morgan fingerprint density at radius 2 is 2.31 bits per heavy atom. The zero-order chi connectivity index (χ0) is 9.26. The number of nitrogens with one attached hydrogen (secondary N) is 1. The standard InChI is InChI=1S/C9H9ClN2O/c10-8-3-1-2-7(12-8)9(13)11-6-4-5-6/h1-3,6H,4-5H2,(H,11,13). The maximum Gasteiger partial charge on any atom is 0.270 e. The quantitative estimate of drug-likeness (QED) is 0.731. The molecule has 1 aromatic rings. The molecular weight excluding hydrogens is 188 g/mol. The average Bonchev–Trinajstić information content (AvgIpc) is 2.88. The Kier molecular flexibility index (Phi) is 2.19. The van der Waals surface area contributed by atoms with Gasteiger partial charge in [-0.05, 0) is 25.0 Å². The monoisotopic (exact) mass is 196 g/mol. The average molecular weight is 197 g/mol. The topological polar surface area (TPSA) is 42.0 Å².